The minimum absolute atomic E-state index is 0.714. The van der Waals surface area contributed by atoms with Gasteiger partial charge in [-0.1, -0.05) is 0 Å². The van der Waals surface area contributed by atoms with Crippen molar-refractivity contribution in [3.05, 3.63) is 24.2 Å². The molecule has 0 spiro atoms. The topological polar surface area (TPSA) is 39.4 Å². The summed E-state index contributed by atoms with van der Waals surface area (Å²) >= 11 is 0. The molecule has 2 heterocycles. The van der Waals surface area contributed by atoms with Crippen LogP contribution in [0.3, 0.4) is 0 Å². The summed E-state index contributed by atoms with van der Waals surface area (Å²) in [5.41, 5.74) is 1.80. The molecule has 0 saturated carbocycles. The third kappa shape index (κ3) is 1.01. The van der Waals surface area contributed by atoms with Crippen molar-refractivity contribution in [3.63, 3.8) is 0 Å². The monoisotopic (exact) mass is 163 g/mol. The highest BCUT2D eigenvalue weighted by Gasteiger charge is 1.99. The van der Waals surface area contributed by atoms with E-state index in [9.17, 15) is 0 Å². The summed E-state index contributed by atoms with van der Waals surface area (Å²) in [5.74, 6) is 0.714. The summed E-state index contributed by atoms with van der Waals surface area (Å²) in [6, 6.07) is 1.92. The molecule has 62 valence electrons. The van der Waals surface area contributed by atoms with Crippen LogP contribution < -0.4 is 4.74 Å². The molecule has 0 aliphatic heterocycles. The van der Waals surface area contributed by atoms with Crippen LogP contribution >= 0.6 is 0 Å². The lowest BCUT2D eigenvalue weighted by Crippen LogP contribution is -1.92. The first-order chi connectivity index (χ1) is 5.79. The van der Waals surface area contributed by atoms with Crippen LogP contribution in [-0.2, 0) is 0 Å². The van der Waals surface area contributed by atoms with Crippen molar-refractivity contribution in [3.8, 4) is 5.75 Å². The van der Waals surface area contributed by atoms with Crippen molar-refractivity contribution >= 4 is 5.65 Å². The van der Waals surface area contributed by atoms with Crippen molar-refractivity contribution in [2.45, 2.75) is 6.92 Å². The Morgan fingerprint density at radius 1 is 1.50 bits per heavy atom. The first-order valence-corrected chi connectivity index (χ1v) is 3.65. The summed E-state index contributed by atoms with van der Waals surface area (Å²) in [6.07, 6.45) is 3.48. The fourth-order valence-electron chi connectivity index (χ4n) is 1.08. The molecule has 4 nitrogen and oxygen atoms in total. The van der Waals surface area contributed by atoms with Gasteiger partial charge in [0.15, 0.2) is 11.4 Å². The second-order valence-electron chi connectivity index (χ2n) is 2.58. The van der Waals surface area contributed by atoms with Gasteiger partial charge in [-0.3, -0.25) is 0 Å². The van der Waals surface area contributed by atoms with Gasteiger partial charge in [-0.25, -0.2) is 9.50 Å². The molecule has 0 amide bonds. The predicted octanol–water partition coefficient (Wildman–Crippen LogP) is 1.05. The van der Waals surface area contributed by atoms with E-state index in [0.717, 1.165) is 11.3 Å². The Morgan fingerprint density at radius 2 is 2.33 bits per heavy atom. The third-order valence-electron chi connectivity index (χ3n) is 1.65. The molecule has 12 heavy (non-hydrogen) atoms. The fourth-order valence-corrected chi connectivity index (χ4v) is 1.08. The van der Waals surface area contributed by atoms with Crippen LogP contribution in [-0.4, -0.2) is 21.7 Å². The van der Waals surface area contributed by atoms with E-state index in [2.05, 4.69) is 10.1 Å². The molecule has 0 saturated heterocycles. The molecular weight excluding hydrogens is 154 g/mol. The van der Waals surface area contributed by atoms with Gasteiger partial charge in [0.05, 0.1) is 25.2 Å². The van der Waals surface area contributed by atoms with Gasteiger partial charge in [0.2, 0.25) is 0 Å². The molecule has 2 aromatic heterocycles. The fraction of sp³-hybridized carbons (Fsp3) is 0.250. The SMILES string of the molecule is COc1cnc2cc(C)nn2c1. The van der Waals surface area contributed by atoms with Crippen LogP contribution in [0, 0.1) is 6.92 Å². The molecule has 0 fully saturated rings. The maximum atomic E-state index is 5.01. The Bertz CT molecular complexity index is 408. The van der Waals surface area contributed by atoms with Crippen LogP contribution in [0.1, 0.15) is 5.69 Å². The van der Waals surface area contributed by atoms with Gasteiger partial charge < -0.3 is 4.74 Å². The maximum Gasteiger partial charge on any atom is 0.155 e. The second kappa shape index (κ2) is 2.48. The summed E-state index contributed by atoms with van der Waals surface area (Å²) < 4.78 is 6.71. The standard InChI is InChI=1S/C8H9N3O/c1-6-3-8-9-4-7(12-2)5-11(8)10-6/h3-5H,1-2H3. The molecule has 0 atom stereocenters. The number of ether oxygens (including phenoxy) is 1. The quantitative estimate of drug-likeness (QED) is 0.630. The number of fused-ring (bicyclic) bond motifs is 1. The normalized spacial score (nSPS) is 10.5. The lowest BCUT2D eigenvalue weighted by molar-refractivity contribution is 0.409. The Morgan fingerprint density at radius 3 is 3.08 bits per heavy atom. The number of rotatable bonds is 1. The summed E-state index contributed by atoms with van der Waals surface area (Å²) in [5, 5.41) is 4.20. The number of methoxy groups -OCH3 is 1. The summed E-state index contributed by atoms with van der Waals surface area (Å²) in [7, 11) is 1.61. The zero-order valence-corrected chi connectivity index (χ0v) is 6.98. The maximum absolute atomic E-state index is 5.01. The zero-order valence-electron chi connectivity index (χ0n) is 6.98. The van der Waals surface area contributed by atoms with Crippen molar-refractivity contribution in [2.75, 3.05) is 7.11 Å². The molecular formula is C8H9N3O. The highest BCUT2D eigenvalue weighted by atomic mass is 16.5. The minimum atomic E-state index is 0.714. The minimum Gasteiger partial charge on any atom is -0.494 e. The average Bonchev–Trinajstić information content (AvgIpc) is 2.43. The molecule has 2 rings (SSSR count). The van der Waals surface area contributed by atoms with Crippen LogP contribution in [0.15, 0.2) is 18.5 Å². The molecule has 4 heteroatoms. The van der Waals surface area contributed by atoms with Gasteiger partial charge in [0, 0.05) is 6.07 Å². The third-order valence-corrected chi connectivity index (χ3v) is 1.65. The lowest BCUT2D eigenvalue weighted by Gasteiger charge is -1.97. The van der Waals surface area contributed by atoms with Crippen LogP contribution in [0.4, 0.5) is 0 Å². The van der Waals surface area contributed by atoms with E-state index in [-0.39, 0.29) is 0 Å². The lowest BCUT2D eigenvalue weighted by atomic mass is 10.5. The molecule has 0 aromatic carbocycles. The van der Waals surface area contributed by atoms with Gasteiger partial charge >= 0.3 is 0 Å². The molecule has 0 bridgehead atoms. The second-order valence-corrected chi connectivity index (χ2v) is 2.58. The summed E-state index contributed by atoms with van der Waals surface area (Å²) in [4.78, 5) is 4.15. The highest BCUT2D eigenvalue weighted by molar-refractivity contribution is 5.39. The van der Waals surface area contributed by atoms with Gasteiger partial charge in [-0.05, 0) is 6.92 Å². The first kappa shape index (κ1) is 7.09. The number of aromatic nitrogens is 3. The van der Waals surface area contributed by atoms with E-state index < -0.39 is 0 Å². The highest BCUT2D eigenvalue weighted by Crippen LogP contribution is 2.09. The number of aryl methyl sites for hydroxylation is 1. The number of hydrogen-bond donors (Lipinski definition) is 0. The van der Waals surface area contributed by atoms with Gasteiger partial charge in [-0.2, -0.15) is 5.10 Å². The van der Waals surface area contributed by atoms with E-state index in [1.165, 1.54) is 0 Å². The van der Waals surface area contributed by atoms with Crippen LogP contribution in [0.2, 0.25) is 0 Å². The Kier molecular flexibility index (Phi) is 1.46. The van der Waals surface area contributed by atoms with E-state index in [1.54, 1.807) is 24.0 Å². The van der Waals surface area contributed by atoms with E-state index in [0.29, 0.717) is 5.75 Å². The molecule has 0 N–H and O–H groups in total. The van der Waals surface area contributed by atoms with E-state index >= 15 is 0 Å². The first-order valence-electron chi connectivity index (χ1n) is 3.65. The van der Waals surface area contributed by atoms with Crippen molar-refractivity contribution in [2.24, 2.45) is 0 Å². The number of nitrogens with zero attached hydrogens (tertiary/aromatic N) is 3. The molecule has 0 unspecified atom stereocenters. The molecule has 2 aromatic rings. The molecule has 0 aliphatic carbocycles. The Labute approximate surface area is 69.8 Å². The van der Waals surface area contributed by atoms with E-state index in [1.807, 2.05) is 13.0 Å². The Hall–Kier alpha value is -1.58. The van der Waals surface area contributed by atoms with Crippen LogP contribution in [0.5, 0.6) is 5.75 Å². The molecule has 0 aliphatic rings. The smallest absolute Gasteiger partial charge is 0.155 e. The van der Waals surface area contributed by atoms with Crippen LogP contribution in [0.25, 0.3) is 5.65 Å². The molecule has 0 radical (unpaired) electrons. The van der Waals surface area contributed by atoms with Crippen molar-refractivity contribution in [1.29, 1.82) is 0 Å². The van der Waals surface area contributed by atoms with Gasteiger partial charge in [0.1, 0.15) is 0 Å². The number of hydrogen-bond acceptors (Lipinski definition) is 3. The van der Waals surface area contributed by atoms with Gasteiger partial charge in [0.25, 0.3) is 0 Å². The van der Waals surface area contributed by atoms with Crippen molar-refractivity contribution in [1.82, 2.24) is 14.6 Å². The zero-order chi connectivity index (χ0) is 8.55. The van der Waals surface area contributed by atoms with Gasteiger partial charge in [-0.15, -0.1) is 0 Å². The average molecular weight is 163 g/mol. The summed E-state index contributed by atoms with van der Waals surface area (Å²) in [6.45, 7) is 1.93. The Balaban J connectivity index is 2.66. The van der Waals surface area contributed by atoms with Crippen molar-refractivity contribution < 1.29 is 4.74 Å². The van der Waals surface area contributed by atoms with E-state index in [4.69, 9.17) is 4.74 Å². The predicted molar refractivity (Wildman–Crippen MR) is 44.3 cm³/mol. The largest absolute Gasteiger partial charge is 0.494 e.